The molecule has 0 unspecified atom stereocenters. The number of nitrogens with zero attached hydrogens (tertiary/aromatic N) is 1. The molecule has 288 valence electrons. The fourth-order valence-corrected chi connectivity index (χ4v) is 8.46. The van der Waals surface area contributed by atoms with Crippen LogP contribution < -0.4 is 16.0 Å². The molecular weight excluding hydrogens is 711 g/mol. The molecule has 0 spiro atoms. The Bertz CT molecular complexity index is 1900. The van der Waals surface area contributed by atoms with Gasteiger partial charge in [-0.05, 0) is 49.1 Å². The highest BCUT2D eigenvalue weighted by molar-refractivity contribution is 8.00. The molecule has 3 amide bonds. The van der Waals surface area contributed by atoms with Gasteiger partial charge in [0.25, 0.3) is 0 Å². The average molecular weight is 762 g/mol. The SMILES string of the molecule is CC(C)(C)OC(=O)N[C@@H](CSC(c1ccccc1)(c1ccccc1)c1ccccc1)C(=O)N[C@@H](Cc1c[nH]c2ccccc12)C(=O)NCCN1CCOCC1. The maximum Gasteiger partial charge on any atom is 0.408 e. The highest BCUT2D eigenvalue weighted by atomic mass is 32.2. The van der Waals surface area contributed by atoms with Crippen LogP contribution in [-0.2, 0) is 30.2 Å². The van der Waals surface area contributed by atoms with Crippen LogP contribution in [0.15, 0.2) is 121 Å². The van der Waals surface area contributed by atoms with Gasteiger partial charge < -0.3 is 30.4 Å². The van der Waals surface area contributed by atoms with Gasteiger partial charge in [0.05, 0.1) is 18.0 Å². The van der Waals surface area contributed by atoms with Crippen molar-refractivity contribution in [3.05, 3.63) is 144 Å². The number of aromatic nitrogens is 1. The maximum atomic E-state index is 14.6. The van der Waals surface area contributed by atoms with Crippen molar-refractivity contribution in [2.45, 2.75) is 49.6 Å². The second-order valence-corrected chi connectivity index (χ2v) is 15.9. The van der Waals surface area contributed by atoms with E-state index in [1.807, 2.05) is 85.1 Å². The van der Waals surface area contributed by atoms with E-state index in [9.17, 15) is 14.4 Å². The summed E-state index contributed by atoms with van der Waals surface area (Å²) < 4.78 is 10.4. The number of aromatic amines is 1. The Morgan fingerprint density at radius 2 is 1.33 bits per heavy atom. The fraction of sp³-hybridized carbons (Fsp3) is 0.341. The van der Waals surface area contributed by atoms with Crippen molar-refractivity contribution in [1.82, 2.24) is 25.8 Å². The van der Waals surface area contributed by atoms with Gasteiger partial charge in [0.1, 0.15) is 17.7 Å². The van der Waals surface area contributed by atoms with Crippen molar-refractivity contribution in [2.24, 2.45) is 0 Å². The number of ether oxygens (including phenoxy) is 2. The summed E-state index contributed by atoms with van der Waals surface area (Å²) in [6, 6.07) is 36.4. The van der Waals surface area contributed by atoms with Crippen LogP contribution in [0, 0.1) is 0 Å². The van der Waals surface area contributed by atoms with Gasteiger partial charge in [-0.25, -0.2) is 4.79 Å². The molecule has 11 heteroatoms. The number of H-pyrrole nitrogens is 1. The lowest BCUT2D eigenvalue weighted by Crippen LogP contribution is -2.56. The third kappa shape index (κ3) is 10.4. The number of hydrogen-bond acceptors (Lipinski definition) is 7. The quantitative estimate of drug-likeness (QED) is 0.0929. The number of alkyl carbamates (subject to hydrolysis) is 1. The van der Waals surface area contributed by atoms with Gasteiger partial charge in [0.15, 0.2) is 0 Å². The number of fused-ring (bicyclic) bond motifs is 1. The zero-order valence-electron chi connectivity index (χ0n) is 31.8. The molecule has 2 atom stereocenters. The Morgan fingerprint density at radius 1 is 0.764 bits per heavy atom. The lowest BCUT2D eigenvalue weighted by molar-refractivity contribution is -0.129. The average Bonchev–Trinajstić information content (AvgIpc) is 3.61. The first-order chi connectivity index (χ1) is 26.6. The molecule has 0 radical (unpaired) electrons. The first kappa shape index (κ1) is 39.6. The summed E-state index contributed by atoms with van der Waals surface area (Å²) in [6.07, 6.45) is 1.40. The molecule has 5 aromatic rings. The predicted octanol–water partition coefficient (Wildman–Crippen LogP) is 6.26. The van der Waals surface area contributed by atoms with Gasteiger partial charge in [-0.3, -0.25) is 14.5 Å². The van der Waals surface area contributed by atoms with E-state index in [0.29, 0.717) is 26.3 Å². The number of nitrogens with one attached hydrogen (secondary N) is 4. The Balaban J connectivity index is 1.31. The number of carbonyl (C=O) groups excluding carboxylic acids is 3. The summed E-state index contributed by atoms with van der Waals surface area (Å²) in [4.78, 5) is 47.5. The van der Waals surface area contributed by atoms with Crippen LogP contribution in [0.5, 0.6) is 0 Å². The second kappa shape index (κ2) is 18.5. The third-order valence-electron chi connectivity index (χ3n) is 9.58. The Morgan fingerprint density at radius 3 is 1.91 bits per heavy atom. The van der Waals surface area contributed by atoms with Crippen LogP contribution in [0.1, 0.15) is 43.0 Å². The van der Waals surface area contributed by atoms with Crippen molar-refractivity contribution in [1.29, 1.82) is 0 Å². The molecule has 2 heterocycles. The molecule has 1 saturated heterocycles. The van der Waals surface area contributed by atoms with Crippen molar-refractivity contribution < 1.29 is 23.9 Å². The smallest absolute Gasteiger partial charge is 0.408 e. The minimum atomic E-state index is -1.07. The first-order valence-corrected chi connectivity index (χ1v) is 19.8. The molecule has 4 aromatic carbocycles. The van der Waals surface area contributed by atoms with Gasteiger partial charge in [-0.1, -0.05) is 109 Å². The summed E-state index contributed by atoms with van der Waals surface area (Å²) in [7, 11) is 0. The number of amides is 3. The first-order valence-electron chi connectivity index (χ1n) is 18.9. The second-order valence-electron chi connectivity index (χ2n) is 14.7. The molecule has 0 bridgehead atoms. The minimum absolute atomic E-state index is 0.155. The number of morpholine rings is 1. The summed E-state index contributed by atoms with van der Waals surface area (Å²) in [5, 5.41) is 9.96. The third-order valence-corrected chi connectivity index (χ3v) is 11.2. The fourth-order valence-electron chi connectivity index (χ4n) is 6.90. The summed E-state index contributed by atoms with van der Waals surface area (Å²) >= 11 is 1.54. The number of carbonyl (C=O) groups is 3. The maximum absolute atomic E-state index is 14.6. The molecule has 6 rings (SSSR count). The van der Waals surface area contributed by atoms with E-state index in [2.05, 4.69) is 62.2 Å². The molecule has 1 aliphatic rings. The van der Waals surface area contributed by atoms with E-state index in [1.54, 1.807) is 32.5 Å². The van der Waals surface area contributed by atoms with E-state index in [-0.39, 0.29) is 18.1 Å². The van der Waals surface area contributed by atoms with Crippen LogP contribution in [-0.4, -0.2) is 90.6 Å². The topological polar surface area (TPSA) is 125 Å². The van der Waals surface area contributed by atoms with Crippen LogP contribution in [0.2, 0.25) is 0 Å². The number of benzene rings is 4. The number of thioether (sulfide) groups is 1. The van der Waals surface area contributed by atoms with Gasteiger partial charge in [-0.2, -0.15) is 0 Å². The lowest BCUT2D eigenvalue weighted by Gasteiger charge is -2.36. The van der Waals surface area contributed by atoms with E-state index in [0.717, 1.165) is 46.2 Å². The molecule has 1 aromatic heterocycles. The monoisotopic (exact) mass is 761 g/mol. The Labute approximate surface area is 327 Å². The minimum Gasteiger partial charge on any atom is -0.444 e. The molecule has 0 saturated carbocycles. The van der Waals surface area contributed by atoms with Gasteiger partial charge >= 0.3 is 6.09 Å². The van der Waals surface area contributed by atoms with E-state index < -0.39 is 34.4 Å². The number of para-hydroxylation sites is 1. The van der Waals surface area contributed by atoms with Crippen LogP contribution >= 0.6 is 11.8 Å². The standard InChI is InChI=1S/C44H51N5O5S/c1-43(2,3)54-42(52)48-39(31-55-44(33-15-7-4-8-16-33,34-17-9-5-10-18-34)35-19-11-6-12-20-35)41(51)47-38(29-32-30-46-37-22-14-13-21-36(32)37)40(50)45-23-24-49-25-27-53-28-26-49/h4-22,30,38-39,46H,23-29,31H2,1-3H3,(H,45,50)(H,47,51)(H,48,52)/t38-,39-/m0/s1. The van der Waals surface area contributed by atoms with E-state index >= 15 is 0 Å². The van der Waals surface area contributed by atoms with Crippen LogP contribution in [0.4, 0.5) is 4.79 Å². The molecule has 1 fully saturated rings. The number of hydrogen-bond donors (Lipinski definition) is 4. The highest BCUT2D eigenvalue weighted by Gasteiger charge is 2.39. The summed E-state index contributed by atoms with van der Waals surface area (Å²) in [6.45, 7) is 9.36. The molecule has 4 N–H and O–H groups in total. The molecule has 55 heavy (non-hydrogen) atoms. The van der Waals surface area contributed by atoms with Crippen LogP contribution in [0.25, 0.3) is 10.9 Å². The van der Waals surface area contributed by atoms with Gasteiger partial charge in [-0.15, -0.1) is 11.8 Å². The zero-order valence-corrected chi connectivity index (χ0v) is 32.6. The molecule has 0 aliphatic carbocycles. The molecular formula is C44H51N5O5S. The Hall–Kier alpha value is -5.10. The normalized spacial score (nSPS) is 14.8. The molecule has 10 nitrogen and oxygen atoms in total. The highest BCUT2D eigenvalue weighted by Crippen LogP contribution is 2.48. The Kier molecular flexibility index (Phi) is 13.3. The number of rotatable bonds is 15. The van der Waals surface area contributed by atoms with E-state index in [1.165, 1.54) is 0 Å². The summed E-state index contributed by atoms with van der Waals surface area (Å²) in [5.74, 6) is -0.639. The largest absolute Gasteiger partial charge is 0.444 e. The summed E-state index contributed by atoms with van der Waals surface area (Å²) in [5.41, 5.74) is 4.10. The van der Waals surface area contributed by atoms with Crippen LogP contribution in [0.3, 0.4) is 0 Å². The predicted molar refractivity (Wildman–Crippen MR) is 219 cm³/mol. The van der Waals surface area contributed by atoms with Gasteiger partial charge in [0, 0.05) is 55.5 Å². The van der Waals surface area contributed by atoms with E-state index in [4.69, 9.17) is 9.47 Å². The van der Waals surface area contributed by atoms with Crippen molar-refractivity contribution >= 4 is 40.6 Å². The zero-order chi connectivity index (χ0) is 38.7. The van der Waals surface area contributed by atoms with Crippen molar-refractivity contribution in [2.75, 3.05) is 45.1 Å². The van der Waals surface area contributed by atoms with Crippen molar-refractivity contribution in [3.63, 3.8) is 0 Å². The van der Waals surface area contributed by atoms with Gasteiger partial charge in [0.2, 0.25) is 11.8 Å². The molecule has 1 aliphatic heterocycles. The van der Waals surface area contributed by atoms with Crippen molar-refractivity contribution in [3.8, 4) is 0 Å². The lowest BCUT2D eigenvalue weighted by atomic mass is 9.84.